The fourth-order valence-corrected chi connectivity index (χ4v) is 3.86. The summed E-state index contributed by atoms with van der Waals surface area (Å²) < 4.78 is 0. The molecule has 0 radical (unpaired) electrons. The minimum Gasteiger partial charge on any atom is -0.325 e. The zero-order valence-corrected chi connectivity index (χ0v) is 18.6. The first kappa shape index (κ1) is 22.5. The van der Waals surface area contributed by atoms with Crippen molar-refractivity contribution in [1.82, 2.24) is 9.88 Å². The normalized spacial score (nSPS) is 10.8. The van der Waals surface area contributed by atoms with Gasteiger partial charge in [0.25, 0.3) is 0 Å². The van der Waals surface area contributed by atoms with Crippen LogP contribution in [-0.2, 0) is 17.1 Å². The highest BCUT2D eigenvalue weighted by Crippen LogP contribution is 2.22. The van der Waals surface area contributed by atoms with Crippen LogP contribution in [0, 0.1) is 11.3 Å². The van der Waals surface area contributed by atoms with Gasteiger partial charge < -0.3 is 5.32 Å². The molecule has 0 spiro atoms. The molecule has 6 heteroatoms. The molecule has 1 amide bonds. The number of rotatable bonds is 9. The topological polar surface area (TPSA) is 69.0 Å². The predicted octanol–water partition coefficient (Wildman–Crippen LogP) is 5.09. The highest BCUT2D eigenvalue weighted by atomic mass is 32.2. The van der Waals surface area contributed by atoms with E-state index < -0.39 is 0 Å². The number of thioether (sulfide) groups is 1. The van der Waals surface area contributed by atoms with Gasteiger partial charge in [0.2, 0.25) is 5.91 Å². The molecule has 3 rings (SSSR count). The second-order valence-corrected chi connectivity index (χ2v) is 8.51. The van der Waals surface area contributed by atoms with Crippen LogP contribution in [0.3, 0.4) is 0 Å². The molecule has 0 bridgehead atoms. The molecule has 0 aliphatic rings. The van der Waals surface area contributed by atoms with E-state index in [9.17, 15) is 4.79 Å². The number of hydrogen-bond donors (Lipinski definition) is 1. The molecule has 0 fully saturated rings. The molecule has 1 heterocycles. The van der Waals surface area contributed by atoms with Crippen molar-refractivity contribution in [3.8, 4) is 6.07 Å². The number of nitrogens with zero attached hydrogens (tertiary/aromatic N) is 3. The third-order valence-corrected chi connectivity index (χ3v) is 5.80. The summed E-state index contributed by atoms with van der Waals surface area (Å²) in [6.07, 6.45) is 1.79. The van der Waals surface area contributed by atoms with Gasteiger partial charge in [-0.2, -0.15) is 5.26 Å². The summed E-state index contributed by atoms with van der Waals surface area (Å²) in [4.78, 5) is 19.1. The van der Waals surface area contributed by atoms with Gasteiger partial charge in [-0.25, -0.2) is 4.98 Å². The molecule has 1 aromatic heterocycles. The van der Waals surface area contributed by atoms with E-state index in [0.717, 1.165) is 27.6 Å². The molecule has 0 aliphatic heterocycles. The Morgan fingerprint density at radius 3 is 2.58 bits per heavy atom. The van der Waals surface area contributed by atoms with Crippen LogP contribution in [0.25, 0.3) is 0 Å². The van der Waals surface area contributed by atoms with Gasteiger partial charge in [0.05, 0.1) is 23.2 Å². The Morgan fingerprint density at radius 2 is 1.90 bits per heavy atom. The third kappa shape index (κ3) is 7.25. The number of pyridine rings is 1. The van der Waals surface area contributed by atoms with E-state index >= 15 is 0 Å². The van der Waals surface area contributed by atoms with Gasteiger partial charge in [0.15, 0.2) is 0 Å². The second kappa shape index (κ2) is 11.3. The summed E-state index contributed by atoms with van der Waals surface area (Å²) in [5, 5.41) is 13.0. The Balaban J connectivity index is 1.57. The van der Waals surface area contributed by atoms with Crippen molar-refractivity contribution >= 4 is 23.4 Å². The summed E-state index contributed by atoms with van der Waals surface area (Å²) in [5.41, 5.74) is 3.64. The van der Waals surface area contributed by atoms with Crippen molar-refractivity contribution in [2.75, 3.05) is 11.9 Å². The minimum absolute atomic E-state index is 0.0446. The standard InChI is InChI=1S/C25H26N4OS/c1-19(2)29(16-21-11-9-20(15-26)10-12-21)17-24(30)28-23-7-5-6-22(14-23)18-31-25-8-3-4-13-27-25/h3-14,19H,16-18H2,1-2H3,(H,28,30). The van der Waals surface area contributed by atoms with Crippen molar-refractivity contribution in [2.24, 2.45) is 0 Å². The Bertz CT molecular complexity index is 1030. The Labute approximate surface area is 188 Å². The Kier molecular flexibility index (Phi) is 8.22. The highest BCUT2D eigenvalue weighted by molar-refractivity contribution is 7.98. The van der Waals surface area contributed by atoms with Crippen molar-refractivity contribution in [3.63, 3.8) is 0 Å². The number of amides is 1. The number of carbonyl (C=O) groups excluding carboxylic acids is 1. The molecule has 0 aliphatic carbocycles. The number of benzene rings is 2. The quantitative estimate of drug-likeness (QED) is 0.479. The van der Waals surface area contributed by atoms with Crippen LogP contribution in [0.2, 0.25) is 0 Å². The van der Waals surface area contributed by atoms with Crippen LogP contribution >= 0.6 is 11.8 Å². The molecular weight excluding hydrogens is 404 g/mol. The highest BCUT2D eigenvalue weighted by Gasteiger charge is 2.15. The van der Waals surface area contributed by atoms with Gasteiger partial charge in [-0.15, -0.1) is 11.8 Å². The van der Waals surface area contributed by atoms with Gasteiger partial charge in [-0.1, -0.05) is 30.3 Å². The van der Waals surface area contributed by atoms with Crippen LogP contribution in [-0.4, -0.2) is 28.4 Å². The summed E-state index contributed by atoms with van der Waals surface area (Å²) in [6, 6.07) is 23.6. The number of hydrogen-bond acceptors (Lipinski definition) is 5. The molecule has 158 valence electrons. The number of aromatic nitrogens is 1. The van der Waals surface area contributed by atoms with E-state index in [0.29, 0.717) is 18.7 Å². The van der Waals surface area contributed by atoms with E-state index in [1.165, 1.54) is 0 Å². The molecule has 31 heavy (non-hydrogen) atoms. The molecule has 0 atom stereocenters. The van der Waals surface area contributed by atoms with Crippen molar-refractivity contribution in [2.45, 2.75) is 37.2 Å². The van der Waals surface area contributed by atoms with Crippen molar-refractivity contribution < 1.29 is 4.79 Å². The maximum absolute atomic E-state index is 12.7. The number of nitrogens with one attached hydrogen (secondary N) is 1. The van der Waals surface area contributed by atoms with E-state index in [2.05, 4.69) is 41.2 Å². The van der Waals surface area contributed by atoms with E-state index in [4.69, 9.17) is 5.26 Å². The minimum atomic E-state index is -0.0446. The van der Waals surface area contributed by atoms with Crippen LogP contribution in [0.4, 0.5) is 5.69 Å². The molecular formula is C25H26N4OS. The zero-order valence-electron chi connectivity index (χ0n) is 17.8. The second-order valence-electron chi connectivity index (χ2n) is 7.51. The van der Waals surface area contributed by atoms with Gasteiger partial charge >= 0.3 is 0 Å². The van der Waals surface area contributed by atoms with Gasteiger partial charge in [0, 0.05) is 30.2 Å². The summed E-state index contributed by atoms with van der Waals surface area (Å²) >= 11 is 1.67. The van der Waals surface area contributed by atoms with Gasteiger partial charge in [0.1, 0.15) is 0 Å². The maximum atomic E-state index is 12.7. The molecule has 3 aromatic rings. The first-order valence-electron chi connectivity index (χ1n) is 10.2. The van der Waals surface area contributed by atoms with E-state index in [1.807, 2.05) is 60.7 Å². The number of carbonyl (C=O) groups is 1. The molecule has 0 saturated carbocycles. The monoisotopic (exact) mass is 430 g/mol. The summed E-state index contributed by atoms with van der Waals surface area (Å²) in [5.74, 6) is 0.745. The maximum Gasteiger partial charge on any atom is 0.238 e. The molecule has 2 aromatic carbocycles. The van der Waals surface area contributed by atoms with Crippen LogP contribution in [0.1, 0.15) is 30.5 Å². The number of anilines is 1. The van der Waals surface area contributed by atoms with Crippen LogP contribution < -0.4 is 5.32 Å². The fraction of sp³-hybridized carbons (Fsp3) is 0.240. The van der Waals surface area contributed by atoms with Crippen molar-refractivity contribution in [1.29, 1.82) is 5.26 Å². The van der Waals surface area contributed by atoms with E-state index in [-0.39, 0.29) is 11.9 Å². The molecule has 5 nitrogen and oxygen atoms in total. The lowest BCUT2D eigenvalue weighted by atomic mass is 10.1. The lowest BCUT2D eigenvalue weighted by Gasteiger charge is -2.26. The molecule has 0 unspecified atom stereocenters. The largest absolute Gasteiger partial charge is 0.325 e. The first-order valence-corrected chi connectivity index (χ1v) is 11.2. The summed E-state index contributed by atoms with van der Waals surface area (Å²) in [6.45, 7) is 5.10. The summed E-state index contributed by atoms with van der Waals surface area (Å²) in [7, 11) is 0. The number of nitriles is 1. The fourth-order valence-electron chi connectivity index (χ4n) is 3.05. The van der Waals surface area contributed by atoms with E-state index in [1.54, 1.807) is 18.0 Å². The molecule has 0 saturated heterocycles. The third-order valence-electron chi connectivity index (χ3n) is 4.78. The first-order chi connectivity index (χ1) is 15.0. The molecule has 1 N–H and O–H groups in total. The van der Waals surface area contributed by atoms with Crippen LogP contribution in [0.5, 0.6) is 0 Å². The average Bonchev–Trinajstić information content (AvgIpc) is 2.78. The SMILES string of the molecule is CC(C)N(CC(=O)Nc1cccc(CSc2ccccn2)c1)Cc1ccc(C#N)cc1. The zero-order chi connectivity index (χ0) is 22.1. The Hall–Kier alpha value is -3.14. The average molecular weight is 431 g/mol. The smallest absolute Gasteiger partial charge is 0.238 e. The Morgan fingerprint density at radius 1 is 1.10 bits per heavy atom. The lowest BCUT2D eigenvalue weighted by molar-refractivity contribution is -0.117. The van der Waals surface area contributed by atoms with Crippen molar-refractivity contribution in [3.05, 3.63) is 89.6 Å². The van der Waals surface area contributed by atoms with Gasteiger partial charge in [-0.05, 0) is 61.4 Å². The van der Waals surface area contributed by atoms with Crippen LogP contribution in [0.15, 0.2) is 78.0 Å². The lowest BCUT2D eigenvalue weighted by Crippen LogP contribution is -2.37. The predicted molar refractivity (Wildman–Crippen MR) is 126 cm³/mol. The van der Waals surface area contributed by atoms with Gasteiger partial charge in [-0.3, -0.25) is 9.69 Å².